The maximum absolute atomic E-state index is 12.4. The molecule has 0 saturated carbocycles. The summed E-state index contributed by atoms with van der Waals surface area (Å²) in [6.07, 6.45) is 0. The molecule has 0 aliphatic carbocycles. The molecule has 2 aromatic heterocycles. The molecule has 0 unspecified atom stereocenters. The van der Waals surface area contributed by atoms with Crippen molar-refractivity contribution in [3.05, 3.63) is 144 Å². The third-order valence-corrected chi connectivity index (χ3v) is 10.1. The van der Waals surface area contributed by atoms with Gasteiger partial charge in [-0.3, -0.25) is 9.55 Å². The zero-order chi connectivity index (χ0) is 36.7. The number of fused-ring (bicyclic) bond motifs is 1. The summed E-state index contributed by atoms with van der Waals surface area (Å²) >= 11 is 0. The third kappa shape index (κ3) is 7.40. The second-order valence-electron chi connectivity index (χ2n) is 15.2. The van der Waals surface area contributed by atoms with Crippen LogP contribution >= 0.6 is 0 Å². The minimum absolute atomic E-state index is 0. The maximum atomic E-state index is 12.4. The van der Waals surface area contributed by atoms with Crippen LogP contribution in [0, 0.1) is 6.07 Å². The summed E-state index contributed by atoms with van der Waals surface area (Å²) in [5.74, 6) is 2.20. The molecule has 0 spiro atoms. The van der Waals surface area contributed by atoms with Gasteiger partial charge in [-0.1, -0.05) is 116 Å². The quantitative estimate of drug-likeness (QED) is 0.147. The zero-order valence-electron chi connectivity index (χ0n) is 31.9. The Morgan fingerprint density at radius 1 is 0.566 bits per heavy atom. The Morgan fingerprint density at radius 3 is 1.77 bits per heavy atom. The Morgan fingerprint density at radius 2 is 1.15 bits per heavy atom. The van der Waals surface area contributed by atoms with Gasteiger partial charge in [-0.05, 0) is 93.1 Å². The maximum Gasteiger partial charge on any atom is 0.149 e. The molecule has 272 valence electrons. The number of hydrogen-bond acceptors (Lipinski definition) is 3. The number of imidazole rings is 1. The summed E-state index contributed by atoms with van der Waals surface area (Å²) in [7, 11) is 0. The topological polar surface area (TPSA) is 50.9 Å². The molecule has 53 heavy (non-hydrogen) atoms. The molecule has 7 aromatic rings. The van der Waals surface area contributed by atoms with Crippen molar-refractivity contribution in [1.82, 2.24) is 14.5 Å². The molecule has 0 saturated heterocycles. The molecule has 0 bridgehead atoms. The fourth-order valence-electron chi connectivity index (χ4n) is 7.17. The fourth-order valence-corrected chi connectivity index (χ4v) is 7.17. The van der Waals surface area contributed by atoms with Crippen LogP contribution in [-0.2, 0) is 21.1 Å². The first kappa shape index (κ1) is 37.9. The third-order valence-electron chi connectivity index (χ3n) is 10.1. The van der Waals surface area contributed by atoms with Crippen LogP contribution in [0.2, 0.25) is 0 Å². The molecule has 5 heteroatoms. The van der Waals surface area contributed by atoms with E-state index in [4.69, 9.17) is 9.97 Å². The van der Waals surface area contributed by atoms with E-state index >= 15 is 0 Å². The van der Waals surface area contributed by atoms with E-state index in [-0.39, 0.29) is 38.7 Å². The monoisotopic (exact) mass is 877 g/mol. The zero-order valence-corrected chi connectivity index (χ0v) is 34.2. The van der Waals surface area contributed by atoms with Gasteiger partial charge in [0, 0.05) is 26.6 Å². The molecule has 0 radical (unpaired) electrons. The van der Waals surface area contributed by atoms with Crippen molar-refractivity contribution in [3.8, 4) is 56.5 Å². The fraction of sp³-hybridized carbons (Fsp3) is 0.250. The van der Waals surface area contributed by atoms with Crippen LogP contribution in [0.25, 0.3) is 61.8 Å². The number of para-hydroxylation sites is 4. The van der Waals surface area contributed by atoms with E-state index in [1.165, 1.54) is 22.3 Å². The van der Waals surface area contributed by atoms with Gasteiger partial charge in [-0.25, -0.2) is 4.98 Å². The number of benzene rings is 5. The summed E-state index contributed by atoms with van der Waals surface area (Å²) in [4.78, 5) is 10.4. The summed E-state index contributed by atoms with van der Waals surface area (Å²) in [6.45, 7) is 17.9. The van der Waals surface area contributed by atoms with Gasteiger partial charge in [-0.15, -0.1) is 35.9 Å². The molecule has 1 N–H and O–H groups in total. The molecule has 5 aromatic carbocycles. The van der Waals surface area contributed by atoms with E-state index in [0.717, 1.165) is 39.1 Å². The number of pyridine rings is 1. The number of aromatic hydroxyl groups is 1. The van der Waals surface area contributed by atoms with E-state index in [0.29, 0.717) is 34.5 Å². The largest absolute Gasteiger partial charge is 0.506 e. The second-order valence-corrected chi connectivity index (χ2v) is 15.2. The standard InChI is InChI=1S/C48H48N3O.Pt/c1-29(2)34-24-35(30(3)4)26-36(25-34)37-27-43(33-16-10-9-11-17-33)49-44(28-37)40-20-15-21-41(47(40)52)48-50-42-22-12-13-23-45(42)51(48)46-38(31(5)6)18-14-19-39(46)32(7)8;/h9-16,18-32,52H,1-8H3;/q-1;. The van der Waals surface area contributed by atoms with Gasteiger partial charge in [0.15, 0.2) is 0 Å². The molecular weight excluding hydrogens is 830 g/mol. The number of nitrogens with zero attached hydrogens (tertiary/aromatic N) is 3. The Labute approximate surface area is 329 Å². The number of phenolic OH excluding ortho intramolecular Hbond substituents is 1. The molecule has 2 heterocycles. The Kier molecular flexibility index (Phi) is 11.2. The molecule has 7 rings (SSSR count). The van der Waals surface area contributed by atoms with Crippen LogP contribution in [0.15, 0.2) is 115 Å². The van der Waals surface area contributed by atoms with Gasteiger partial charge in [0.2, 0.25) is 0 Å². The average molecular weight is 878 g/mol. The van der Waals surface area contributed by atoms with Gasteiger partial charge in [0.1, 0.15) is 11.6 Å². The van der Waals surface area contributed by atoms with E-state index in [2.05, 4.69) is 127 Å². The van der Waals surface area contributed by atoms with Crippen LogP contribution in [0.4, 0.5) is 0 Å². The van der Waals surface area contributed by atoms with Crippen LogP contribution in [-0.4, -0.2) is 19.6 Å². The van der Waals surface area contributed by atoms with Crippen molar-refractivity contribution >= 4 is 11.0 Å². The Bertz CT molecular complexity index is 2330. The van der Waals surface area contributed by atoms with Gasteiger partial charge < -0.3 is 5.11 Å². The number of hydrogen-bond donors (Lipinski definition) is 1. The van der Waals surface area contributed by atoms with E-state index < -0.39 is 0 Å². The molecular formula is C48H48N3OPt-. The molecule has 4 nitrogen and oxygen atoms in total. The molecule has 0 fully saturated rings. The van der Waals surface area contributed by atoms with Crippen LogP contribution < -0.4 is 0 Å². The second kappa shape index (κ2) is 15.7. The average Bonchev–Trinajstić information content (AvgIpc) is 3.53. The van der Waals surface area contributed by atoms with Gasteiger partial charge in [-0.2, -0.15) is 0 Å². The number of phenols is 1. The van der Waals surface area contributed by atoms with Gasteiger partial charge in [0.05, 0.1) is 28.0 Å². The van der Waals surface area contributed by atoms with Gasteiger partial charge >= 0.3 is 0 Å². The molecule has 0 aliphatic rings. The normalized spacial score (nSPS) is 11.6. The minimum atomic E-state index is 0. The van der Waals surface area contributed by atoms with E-state index in [9.17, 15) is 5.11 Å². The van der Waals surface area contributed by atoms with Crippen molar-refractivity contribution in [3.63, 3.8) is 0 Å². The van der Waals surface area contributed by atoms with Crippen molar-refractivity contribution in [2.45, 2.75) is 79.1 Å². The Hall–Kier alpha value is -4.79. The van der Waals surface area contributed by atoms with Crippen molar-refractivity contribution < 1.29 is 26.2 Å². The van der Waals surface area contributed by atoms with Crippen LogP contribution in [0.5, 0.6) is 5.75 Å². The van der Waals surface area contributed by atoms with E-state index in [1.54, 1.807) is 0 Å². The number of aromatic nitrogens is 3. The minimum Gasteiger partial charge on any atom is -0.506 e. The molecule has 0 amide bonds. The van der Waals surface area contributed by atoms with Gasteiger partial charge in [0.25, 0.3) is 0 Å². The number of rotatable bonds is 9. The molecule has 0 atom stereocenters. The molecule has 0 aliphatic heterocycles. The van der Waals surface area contributed by atoms with Crippen LogP contribution in [0.1, 0.15) is 101 Å². The SMILES string of the molecule is CC(C)c1cc(-c2cc(-c3[c-]cccc3)nc(-c3cccc(-c4nc5ccccc5n4-c4c(C(C)C)cccc4C(C)C)c3O)c2)cc(C(C)C)c1.[Pt]. The van der Waals surface area contributed by atoms with Crippen molar-refractivity contribution in [2.75, 3.05) is 0 Å². The van der Waals surface area contributed by atoms with Crippen LogP contribution in [0.3, 0.4) is 0 Å². The summed E-state index contributed by atoms with van der Waals surface area (Å²) in [5.41, 5.74) is 14.0. The van der Waals surface area contributed by atoms with Crippen molar-refractivity contribution in [1.29, 1.82) is 0 Å². The first-order valence-corrected chi connectivity index (χ1v) is 18.6. The first-order chi connectivity index (χ1) is 25.0. The predicted molar refractivity (Wildman–Crippen MR) is 217 cm³/mol. The predicted octanol–water partition coefficient (Wildman–Crippen LogP) is 13.1. The van der Waals surface area contributed by atoms with E-state index in [1.807, 2.05) is 54.6 Å². The summed E-state index contributed by atoms with van der Waals surface area (Å²) < 4.78 is 2.26. The summed E-state index contributed by atoms with van der Waals surface area (Å²) in [6, 6.07) is 43.3. The summed E-state index contributed by atoms with van der Waals surface area (Å²) in [5, 5.41) is 12.4. The first-order valence-electron chi connectivity index (χ1n) is 18.6. The Balaban J connectivity index is 0.00000481. The van der Waals surface area contributed by atoms with Crippen molar-refractivity contribution in [2.24, 2.45) is 0 Å². The smallest absolute Gasteiger partial charge is 0.149 e.